The minimum atomic E-state index is -1.02. The van der Waals surface area contributed by atoms with Crippen LogP contribution < -0.4 is 5.56 Å². The summed E-state index contributed by atoms with van der Waals surface area (Å²) in [5.74, 6) is -2.15. The van der Waals surface area contributed by atoms with Crippen molar-refractivity contribution in [1.82, 2.24) is 14.3 Å². The first-order chi connectivity index (χ1) is 13.9. The third-order valence-electron chi connectivity index (χ3n) is 5.57. The van der Waals surface area contributed by atoms with Gasteiger partial charge in [0.1, 0.15) is 18.3 Å². The number of carbonyl (C=O) groups is 3. The van der Waals surface area contributed by atoms with Crippen molar-refractivity contribution in [3.63, 3.8) is 0 Å². The lowest BCUT2D eigenvalue weighted by atomic mass is 9.85. The number of carbonyl (C=O) groups excluding carboxylic acids is 3. The summed E-state index contributed by atoms with van der Waals surface area (Å²) in [7, 11) is 0. The van der Waals surface area contributed by atoms with E-state index in [2.05, 4.69) is 4.98 Å². The molecular formula is C21H21N3O5. The number of esters is 1. The first-order valence-electron chi connectivity index (χ1n) is 9.55. The number of amides is 2. The molecule has 2 aromatic heterocycles. The molecule has 2 aliphatic rings. The number of aromatic nitrogens is 2. The first kappa shape index (κ1) is 19.0. The van der Waals surface area contributed by atoms with Crippen molar-refractivity contribution in [2.24, 2.45) is 11.8 Å². The Labute approximate surface area is 166 Å². The number of hydrogen-bond donors (Lipinski definition) is 0. The largest absolute Gasteiger partial charge is 0.458 e. The Balaban J connectivity index is 1.47. The maximum atomic E-state index is 12.6. The molecule has 3 heterocycles. The van der Waals surface area contributed by atoms with E-state index in [1.807, 2.05) is 12.2 Å². The van der Waals surface area contributed by atoms with E-state index in [1.54, 1.807) is 25.1 Å². The topological polar surface area (TPSA) is 98.0 Å². The fourth-order valence-electron chi connectivity index (χ4n) is 4.02. The van der Waals surface area contributed by atoms with Crippen molar-refractivity contribution in [2.75, 3.05) is 0 Å². The molecule has 1 aliphatic carbocycles. The highest BCUT2D eigenvalue weighted by atomic mass is 16.5. The Morgan fingerprint density at radius 1 is 1.17 bits per heavy atom. The summed E-state index contributed by atoms with van der Waals surface area (Å²) in [6, 6.07) is 5.57. The number of fused-ring (bicyclic) bond motifs is 2. The number of hydrogen-bond acceptors (Lipinski definition) is 6. The molecule has 29 heavy (non-hydrogen) atoms. The van der Waals surface area contributed by atoms with E-state index >= 15 is 0 Å². The van der Waals surface area contributed by atoms with Crippen LogP contribution in [-0.2, 0) is 25.7 Å². The van der Waals surface area contributed by atoms with Crippen LogP contribution in [-0.4, -0.2) is 38.1 Å². The van der Waals surface area contributed by atoms with Gasteiger partial charge in [-0.25, -0.2) is 9.78 Å². The molecule has 2 aromatic rings. The van der Waals surface area contributed by atoms with E-state index in [4.69, 9.17) is 4.74 Å². The monoisotopic (exact) mass is 395 g/mol. The minimum absolute atomic E-state index is 0.215. The Bertz CT molecular complexity index is 1080. The lowest BCUT2D eigenvalue weighted by Gasteiger charge is -2.21. The number of nitrogens with zero attached hydrogens (tertiary/aromatic N) is 3. The van der Waals surface area contributed by atoms with Gasteiger partial charge < -0.3 is 4.74 Å². The molecular weight excluding hydrogens is 374 g/mol. The van der Waals surface area contributed by atoms with E-state index in [9.17, 15) is 19.2 Å². The van der Waals surface area contributed by atoms with Crippen molar-refractivity contribution in [2.45, 2.75) is 39.3 Å². The average Bonchev–Trinajstić information content (AvgIpc) is 2.96. The van der Waals surface area contributed by atoms with Gasteiger partial charge in [0.2, 0.25) is 11.8 Å². The predicted molar refractivity (Wildman–Crippen MR) is 103 cm³/mol. The predicted octanol–water partition coefficient (Wildman–Crippen LogP) is 1.39. The van der Waals surface area contributed by atoms with Gasteiger partial charge in [0.25, 0.3) is 5.56 Å². The van der Waals surface area contributed by atoms with Gasteiger partial charge in [0.15, 0.2) is 0 Å². The second kappa shape index (κ2) is 7.27. The summed E-state index contributed by atoms with van der Waals surface area (Å²) in [5.41, 5.74) is 1.24. The van der Waals surface area contributed by atoms with Crippen LogP contribution in [0.4, 0.5) is 0 Å². The number of rotatable bonds is 4. The molecule has 8 nitrogen and oxygen atoms in total. The second-order valence-electron chi connectivity index (χ2n) is 7.43. The number of imide groups is 1. The molecule has 1 fully saturated rings. The van der Waals surface area contributed by atoms with Crippen LogP contribution in [0, 0.1) is 18.8 Å². The van der Waals surface area contributed by atoms with Crippen LogP contribution in [0.25, 0.3) is 5.65 Å². The first-order valence-corrected chi connectivity index (χ1v) is 9.55. The molecule has 0 spiro atoms. The van der Waals surface area contributed by atoms with Gasteiger partial charge in [-0.15, -0.1) is 0 Å². The molecule has 0 radical (unpaired) electrons. The minimum Gasteiger partial charge on any atom is -0.458 e. The molecule has 150 valence electrons. The number of aryl methyl sites for hydroxylation is 1. The molecule has 0 N–H and O–H groups in total. The van der Waals surface area contributed by atoms with Gasteiger partial charge in [-0.3, -0.25) is 23.7 Å². The van der Waals surface area contributed by atoms with E-state index in [-0.39, 0.29) is 24.0 Å². The maximum absolute atomic E-state index is 12.6. The number of ether oxygens (including phenoxy) is 1. The summed E-state index contributed by atoms with van der Waals surface area (Å²) >= 11 is 0. The summed E-state index contributed by atoms with van der Waals surface area (Å²) in [6.07, 6.45) is 4.81. The Kier molecular flexibility index (Phi) is 4.77. The molecule has 0 unspecified atom stereocenters. The zero-order valence-electron chi connectivity index (χ0n) is 16.2. The van der Waals surface area contributed by atoms with Crippen LogP contribution in [0.15, 0.2) is 41.2 Å². The SMILES string of the molecule is Cc1cccc2nc(COC(=O)[C@H](C)N3C(=O)[C@H]4CC=CC[C@H]4C3=O)cc(=O)n12. The standard InChI is InChI=1S/C21H21N3O5/c1-12-6-5-9-17-22-14(10-18(25)23(12)17)11-29-21(28)13(2)24-19(26)15-7-3-4-8-16(15)20(24)27/h3-6,9-10,13,15-16H,7-8,11H2,1-2H3/t13-,15-,16+/m0/s1. The third kappa shape index (κ3) is 3.24. The van der Waals surface area contributed by atoms with E-state index in [0.29, 0.717) is 24.2 Å². The molecule has 0 aromatic carbocycles. The van der Waals surface area contributed by atoms with Crippen molar-refractivity contribution in [3.8, 4) is 0 Å². The second-order valence-corrected chi connectivity index (χ2v) is 7.43. The van der Waals surface area contributed by atoms with Gasteiger partial charge in [0.05, 0.1) is 17.5 Å². The van der Waals surface area contributed by atoms with Crippen LogP contribution in [0.2, 0.25) is 0 Å². The fraction of sp³-hybridized carbons (Fsp3) is 0.381. The van der Waals surface area contributed by atoms with Gasteiger partial charge in [-0.05, 0) is 38.8 Å². The normalized spacial score (nSPS) is 22.1. The Morgan fingerprint density at radius 3 is 2.48 bits per heavy atom. The molecule has 1 saturated heterocycles. The summed E-state index contributed by atoms with van der Waals surface area (Å²) in [6.45, 7) is 3.07. The highest BCUT2D eigenvalue weighted by molar-refractivity contribution is 6.08. The van der Waals surface area contributed by atoms with Gasteiger partial charge in [-0.2, -0.15) is 0 Å². The maximum Gasteiger partial charge on any atom is 0.329 e. The molecule has 0 saturated carbocycles. The molecule has 4 rings (SSSR count). The Hall–Kier alpha value is -3.29. The quantitative estimate of drug-likeness (QED) is 0.441. The molecule has 0 bridgehead atoms. The zero-order chi connectivity index (χ0) is 20.7. The molecule has 8 heteroatoms. The smallest absolute Gasteiger partial charge is 0.329 e. The number of pyridine rings is 1. The van der Waals surface area contributed by atoms with Crippen molar-refractivity contribution >= 4 is 23.4 Å². The highest BCUT2D eigenvalue weighted by Gasteiger charge is 2.50. The third-order valence-corrected chi connectivity index (χ3v) is 5.57. The van der Waals surface area contributed by atoms with Crippen LogP contribution in [0.1, 0.15) is 31.2 Å². The van der Waals surface area contributed by atoms with Crippen molar-refractivity contribution < 1.29 is 19.1 Å². The van der Waals surface area contributed by atoms with Crippen molar-refractivity contribution in [1.29, 1.82) is 0 Å². The fourth-order valence-corrected chi connectivity index (χ4v) is 4.02. The summed E-state index contributed by atoms with van der Waals surface area (Å²) < 4.78 is 6.74. The van der Waals surface area contributed by atoms with Crippen LogP contribution in [0.3, 0.4) is 0 Å². The molecule has 3 atom stereocenters. The van der Waals surface area contributed by atoms with Gasteiger partial charge in [-0.1, -0.05) is 18.2 Å². The molecule has 2 amide bonds. The lowest BCUT2D eigenvalue weighted by Crippen LogP contribution is -2.44. The lowest BCUT2D eigenvalue weighted by molar-refractivity contribution is -0.159. The number of likely N-dealkylation sites (tertiary alicyclic amines) is 1. The van der Waals surface area contributed by atoms with E-state index < -0.39 is 23.8 Å². The summed E-state index contributed by atoms with van der Waals surface area (Å²) in [4.78, 5) is 55.4. The van der Waals surface area contributed by atoms with Crippen LogP contribution in [0.5, 0.6) is 0 Å². The van der Waals surface area contributed by atoms with Crippen LogP contribution >= 0.6 is 0 Å². The summed E-state index contributed by atoms with van der Waals surface area (Å²) in [5, 5.41) is 0. The highest BCUT2D eigenvalue weighted by Crippen LogP contribution is 2.36. The zero-order valence-corrected chi connectivity index (χ0v) is 16.2. The number of allylic oxidation sites excluding steroid dienone is 2. The van der Waals surface area contributed by atoms with E-state index in [0.717, 1.165) is 10.6 Å². The van der Waals surface area contributed by atoms with E-state index in [1.165, 1.54) is 17.4 Å². The van der Waals surface area contributed by atoms with Gasteiger partial charge in [0, 0.05) is 11.8 Å². The molecule has 1 aliphatic heterocycles. The average molecular weight is 395 g/mol. The van der Waals surface area contributed by atoms with Crippen molar-refractivity contribution in [3.05, 3.63) is 58.2 Å². The van der Waals surface area contributed by atoms with Gasteiger partial charge >= 0.3 is 5.97 Å². The Morgan fingerprint density at radius 2 is 1.83 bits per heavy atom.